The van der Waals surface area contributed by atoms with Gasteiger partial charge in [-0.15, -0.1) is 0 Å². The second-order valence-corrected chi connectivity index (χ2v) is 7.23. The molecule has 2 unspecified atom stereocenters. The predicted octanol–water partition coefficient (Wildman–Crippen LogP) is 1.18. The van der Waals surface area contributed by atoms with Gasteiger partial charge in [0.1, 0.15) is 37.6 Å². The lowest BCUT2D eigenvalue weighted by Crippen LogP contribution is -3.14. The first kappa shape index (κ1) is 15.7. The molecule has 2 aromatic rings. The van der Waals surface area contributed by atoms with Crippen LogP contribution in [0.15, 0.2) is 21.3 Å². The fraction of sp³-hybridized carbons (Fsp3) is 0.526. The average molecular weight is 330 g/mol. The minimum Gasteiger partial charge on any atom is -0.507 e. The van der Waals surface area contributed by atoms with Crippen molar-refractivity contribution < 1.29 is 19.2 Å². The monoisotopic (exact) mass is 330 g/mol. The summed E-state index contributed by atoms with van der Waals surface area (Å²) in [6, 6.07) is 3.63. The number of nitrogens with one attached hydrogen (secondary N) is 1. The molecule has 5 heteroatoms. The molecule has 5 nitrogen and oxygen atoms in total. The van der Waals surface area contributed by atoms with Crippen LogP contribution in [0.2, 0.25) is 0 Å². The third-order valence-corrected chi connectivity index (χ3v) is 5.26. The van der Waals surface area contributed by atoms with Gasteiger partial charge in [0.05, 0.1) is 5.56 Å². The van der Waals surface area contributed by atoms with E-state index in [2.05, 4.69) is 13.8 Å². The Hall–Kier alpha value is -1.85. The molecule has 1 fully saturated rings. The first-order valence-electron chi connectivity index (χ1n) is 8.81. The topological polar surface area (TPSA) is 64.1 Å². The van der Waals surface area contributed by atoms with Crippen molar-refractivity contribution in [2.75, 3.05) is 13.1 Å². The Kier molecular flexibility index (Phi) is 3.85. The van der Waals surface area contributed by atoms with E-state index in [0.29, 0.717) is 12.1 Å². The Morgan fingerprint density at radius 3 is 2.62 bits per heavy atom. The molecule has 1 aliphatic heterocycles. The van der Waals surface area contributed by atoms with Gasteiger partial charge in [-0.3, -0.25) is 0 Å². The van der Waals surface area contributed by atoms with Crippen LogP contribution in [0.3, 0.4) is 0 Å². The summed E-state index contributed by atoms with van der Waals surface area (Å²) in [5, 5.41) is 11.4. The molecule has 128 valence electrons. The smallest absolute Gasteiger partial charge is 0.339 e. The van der Waals surface area contributed by atoms with Gasteiger partial charge in [0, 0.05) is 10.9 Å². The van der Waals surface area contributed by atoms with Crippen LogP contribution in [-0.2, 0) is 24.1 Å². The van der Waals surface area contributed by atoms with Crippen molar-refractivity contribution in [3.05, 3.63) is 39.2 Å². The van der Waals surface area contributed by atoms with Gasteiger partial charge in [-0.1, -0.05) is 0 Å². The van der Waals surface area contributed by atoms with Crippen LogP contribution >= 0.6 is 0 Å². The summed E-state index contributed by atoms with van der Waals surface area (Å²) in [6.45, 7) is 6.56. The number of aryl methyl sites for hydroxylation is 1. The summed E-state index contributed by atoms with van der Waals surface area (Å²) in [7, 11) is 0. The van der Waals surface area contributed by atoms with Gasteiger partial charge < -0.3 is 19.2 Å². The highest BCUT2D eigenvalue weighted by Gasteiger charge is 2.28. The first-order valence-corrected chi connectivity index (χ1v) is 8.81. The third-order valence-electron chi connectivity index (χ3n) is 5.26. The van der Waals surface area contributed by atoms with Crippen LogP contribution in [0.5, 0.6) is 5.75 Å². The Bertz CT molecular complexity index is 831. The van der Waals surface area contributed by atoms with Crippen molar-refractivity contribution in [1.29, 1.82) is 0 Å². The SMILES string of the molecule is CC1C[NH+](Cc2c(O)ccc3c4c(c(=O)oc23)CCC4)CC(C)O1. The molecular formula is C19H24NO4+. The van der Waals surface area contributed by atoms with E-state index < -0.39 is 0 Å². The lowest BCUT2D eigenvalue weighted by Gasteiger charge is -2.32. The lowest BCUT2D eigenvalue weighted by molar-refractivity contribution is -0.928. The molecule has 2 heterocycles. The molecule has 2 aliphatic rings. The molecule has 2 atom stereocenters. The van der Waals surface area contributed by atoms with E-state index in [9.17, 15) is 9.90 Å². The van der Waals surface area contributed by atoms with Gasteiger partial charge in [-0.25, -0.2) is 4.79 Å². The van der Waals surface area contributed by atoms with Crippen LogP contribution < -0.4 is 10.5 Å². The van der Waals surface area contributed by atoms with Gasteiger partial charge in [-0.2, -0.15) is 0 Å². The fourth-order valence-electron chi connectivity index (χ4n) is 4.35. The maximum atomic E-state index is 12.3. The van der Waals surface area contributed by atoms with Gasteiger partial charge in [0.15, 0.2) is 5.58 Å². The van der Waals surface area contributed by atoms with Crippen molar-refractivity contribution in [2.45, 2.75) is 51.9 Å². The summed E-state index contributed by atoms with van der Waals surface area (Å²) < 4.78 is 11.4. The van der Waals surface area contributed by atoms with E-state index in [1.807, 2.05) is 6.07 Å². The van der Waals surface area contributed by atoms with Crippen molar-refractivity contribution >= 4 is 11.0 Å². The zero-order valence-corrected chi connectivity index (χ0v) is 14.2. The van der Waals surface area contributed by atoms with Crippen LogP contribution in [0.25, 0.3) is 11.0 Å². The van der Waals surface area contributed by atoms with Crippen molar-refractivity contribution in [3.8, 4) is 5.75 Å². The normalized spacial score (nSPS) is 26.7. The summed E-state index contributed by atoms with van der Waals surface area (Å²) in [4.78, 5) is 13.6. The molecule has 1 saturated heterocycles. The molecule has 24 heavy (non-hydrogen) atoms. The Balaban J connectivity index is 1.79. The molecule has 1 aromatic heterocycles. The molecule has 0 amide bonds. The summed E-state index contributed by atoms with van der Waals surface area (Å²) >= 11 is 0. The molecule has 2 N–H and O–H groups in total. The second kappa shape index (κ2) is 5.90. The molecule has 1 aliphatic carbocycles. The Morgan fingerprint density at radius 1 is 1.17 bits per heavy atom. The van der Waals surface area contributed by atoms with Crippen LogP contribution in [0.4, 0.5) is 0 Å². The Labute approximate surface area is 140 Å². The number of phenolic OH excluding ortho intramolecular Hbond substituents is 1. The predicted molar refractivity (Wildman–Crippen MR) is 90.6 cm³/mol. The number of benzene rings is 1. The fourth-order valence-corrected chi connectivity index (χ4v) is 4.35. The maximum absolute atomic E-state index is 12.3. The van der Waals surface area contributed by atoms with Gasteiger partial charge >= 0.3 is 5.63 Å². The molecule has 0 saturated carbocycles. The molecular weight excluding hydrogens is 306 g/mol. The number of morpholine rings is 1. The number of rotatable bonds is 2. The zero-order chi connectivity index (χ0) is 16.8. The number of aromatic hydroxyl groups is 1. The van der Waals surface area contributed by atoms with E-state index in [-0.39, 0.29) is 23.6 Å². The van der Waals surface area contributed by atoms with Crippen LogP contribution in [0.1, 0.15) is 37.0 Å². The number of fused-ring (bicyclic) bond motifs is 3. The van der Waals surface area contributed by atoms with Crippen LogP contribution in [0, 0.1) is 0 Å². The van der Waals surface area contributed by atoms with Gasteiger partial charge in [0.25, 0.3) is 0 Å². The van der Waals surface area contributed by atoms with Crippen molar-refractivity contribution in [2.24, 2.45) is 0 Å². The maximum Gasteiger partial charge on any atom is 0.339 e. The first-order chi connectivity index (χ1) is 11.5. The number of hydrogen-bond acceptors (Lipinski definition) is 4. The highest BCUT2D eigenvalue weighted by atomic mass is 16.5. The lowest BCUT2D eigenvalue weighted by atomic mass is 10.0. The number of hydrogen-bond donors (Lipinski definition) is 2. The van der Waals surface area contributed by atoms with E-state index in [0.717, 1.165) is 54.4 Å². The van der Waals surface area contributed by atoms with Gasteiger partial charge in [0.2, 0.25) is 0 Å². The molecule has 0 radical (unpaired) electrons. The summed E-state index contributed by atoms with van der Waals surface area (Å²) in [5.41, 5.74) is 3.01. The number of phenols is 1. The molecule has 0 bridgehead atoms. The van der Waals surface area contributed by atoms with E-state index in [1.165, 1.54) is 4.90 Å². The number of quaternary nitrogens is 1. The summed E-state index contributed by atoms with van der Waals surface area (Å²) in [6.07, 6.45) is 3.10. The largest absolute Gasteiger partial charge is 0.507 e. The van der Waals surface area contributed by atoms with Crippen LogP contribution in [-0.4, -0.2) is 30.4 Å². The zero-order valence-electron chi connectivity index (χ0n) is 14.2. The quantitative estimate of drug-likeness (QED) is 0.812. The Morgan fingerprint density at radius 2 is 1.88 bits per heavy atom. The van der Waals surface area contributed by atoms with E-state index in [4.69, 9.17) is 9.15 Å². The molecule has 4 rings (SSSR count). The third kappa shape index (κ3) is 2.62. The van der Waals surface area contributed by atoms with E-state index in [1.54, 1.807) is 6.07 Å². The average Bonchev–Trinajstić information content (AvgIpc) is 3.00. The number of ether oxygens (including phenoxy) is 1. The highest BCUT2D eigenvalue weighted by Crippen LogP contribution is 2.32. The second-order valence-electron chi connectivity index (χ2n) is 7.23. The van der Waals surface area contributed by atoms with Gasteiger partial charge in [-0.05, 0) is 50.8 Å². The van der Waals surface area contributed by atoms with E-state index >= 15 is 0 Å². The highest BCUT2D eigenvalue weighted by molar-refractivity contribution is 5.86. The molecule has 1 aromatic carbocycles. The standard InChI is InChI=1S/C19H23NO4/c1-11-8-20(9-12(2)23-11)10-16-17(21)7-6-14-13-4-3-5-15(13)19(22)24-18(14)16/h6-7,11-12,21H,3-5,8-10H2,1-2H3/p+1. The minimum absolute atomic E-state index is 0.192. The molecule has 0 spiro atoms. The minimum atomic E-state index is -0.236. The van der Waals surface area contributed by atoms with Crippen molar-refractivity contribution in [3.63, 3.8) is 0 Å². The van der Waals surface area contributed by atoms with Crippen molar-refractivity contribution in [1.82, 2.24) is 0 Å². The summed E-state index contributed by atoms with van der Waals surface area (Å²) in [5.74, 6) is 0.211.